The van der Waals surface area contributed by atoms with Gasteiger partial charge >= 0.3 is 6.09 Å². The third-order valence-electron chi connectivity index (χ3n) is 6.14. The minimum atomic E-state index is -4.23. The fourth-order valence-electron chi connectivity index (χ4n) is 4.46. The Kier molecular flexibility index (Phi) is 7.68. The van der Waals surface area contributed by atoms with Gasteiger partial charge in [0.05, 0.1) is 25.0 Å². The van der Waals surface area contributed by atoms with E-state index < -0.39 is 40.1 Å². The molecule has 2 fully saturated rings. The van der Waals surface area contributed by atoms with Crippen molar-refractivity contribution in [3.05, 3.63) is 42.4 Å². The number of carbonyl (C=O) groups is 2. The van der Waals surface area contributed by atoms with E-state index in [0.29, 0.717) is 18.6 Å². The van der Waals surface area contributed by atoms with Crippen LogP contribution in [0.3, 0.4) is 0 Å². The van der Waals surface area contributed by atoms with Gasteiger partial charge in [-0.05, 0) is 38.0 Å². The molecule has 2 aromatic heterocycles. The molecule has 2 aliphatic rings. The van der Waals surface area contributed by atoms with Crippen molar-refractivity contribution in [1.82, 2.24) is 24.7 Å². The zero-order chi connectivity index (χ0) is 25.9. The third-order valence-corrected chi connectivity index (χ3v) is 7.97. The molecular formula is C22H27N5O8S. The van der Waals surface area contributed by atoms with Gasteiger partial charge < -0.3 is 14.2 Å². The molecular weight excluding hydrogens is 494 g/mol. The summed E-state index contributed by atoms with van der Waals surface area (Å²) in [4.78, 5) is 34.8. The lowest BCUT2D eigenvalue weighted by Gasteiger charge is -2.44. The number of piperazine rings is 1. The summed E-state index contributed by atoms with van der Waals surface area (Å²) in [6.45, 7) is 1.90. The van der Waals surface area contributed by atoms with Gasteiger partial charge in [-0.2, -0.15) is 4.31 Å². The number of hydrogen-bond acceptors (Lipinski definition) is 10. The van der Waals surface area contributed by atoms with E-state index in [0.717, 1.165) is 16.2 Å². The first-order chi connectivity index (χ1) is 17.3. The monoisotopic (exact) mass is 521 g/mol. The van der Waals surface area contributed by atoms with Crippen molar-refractivity contribution in [1.29, 1.82) is 0 Å². The van der Waals surface area contributed by atoms with Gasteiger partial charge in [0.1, 0.15) is 23.3 Å². The van der Waals surface area contributed by atoms with Crippen molar-refractivity contribution in [3.63, 3.8) is 0 Å². The van der Waals surface area contributed by atoms with Gasteiger partial charge in [-0.15, -0.1) is 0 Å². The van der Waals surface area contributed by atoms with Gasteiger partial charge in [0.2, 0.25) is 15.9 Å². The first-order valence-electron chi connectivity index (χ1n) is 11.2. The van der Waals surface area contributed by atoms with E-state index >= 15 is 0 Å². The van der Waals surface area contributed by atoms with Crippen LogP contribution in [-0.2, 0) is 24.3 Å². The molecule has 194 valence electrons. The molecule has 0 radical (unpaired) electrons. The van der Waals surface area contributed by atoms with Gasteiger partial charge in [-0.25, -0.2) is 23.7 Å². The molecule has 2 bridgehead atoms. The molecule has 3 atom stereocenters. The highest BCUT2D eigenvalue weighted by atomic mass is 32.2. The highest BCUT2D eigenvalue weighted by molar-refractivity contribution is 7.89. The Morgan fingerprint density at radius 3 is 2.58 bits per heavy atom. The van der Waals surface area contributed by atoms with Crippen molar-refractivity contribution < 1.29 is 37.4 Å². The van der Waals surface area contributed by atoms with Crippen LogP contribution in [-0.4, -0.2) is 89.8 Å². The van der Waals surface area contributed by atoms with Gasteiger partial charge in [0, 0.05) is 31.5 Å². The quantitative estimate of drug-likeness (QED) is 0.292. The number of methoxy groups -OCH3 is 1. The molecule has 0 aliphatic carbocycles. The molecule has 2 aromatic rings. The SMILES string of the molecule is COCCOC(=O)N1[C@@H]2CC[C@H]1[C@H](C(=O)NO)N(S(=O)(=O)c1ccc(Oc3ccc(C)nc3)nc1)C2. The lowest BCUT2D eigenvalue weighted by molar-refractivity contribution is -0.136. The summed E-state index contributed by atoms with van der Waals surface area (Å²) in [6, 6.07) is 3.53. The van der Waals surface area contributed by atoms with Gasteiger partial charge in [-0.1, -0.05) is 0 Å². The number of sulfonamides is 1. The highest BCUT2D eigenvalue weighted by Crippen LogP contribution is 2.38. The van der Waals surface area contributed by atoms with Crippen LogP contribution in [0.1, 0.15) is 18.5 Å². The molecule has 0 aromatic carbocycles. The largest absolute Gasteiger partial charge is 0.447 e. The number of fused-ring (bicyclic) bond motifs is 2. The number of pyridine rings is 2. The fourth-order valence-corrected chi connectivity index (χ4v) is 6.06. The van der Waals surface area contributed by atoms with Crippen LogP contribution in [0.5, 0.6) is 11.6 Å². The Bertz CT molecular complexity index is 1190. The first kappa shape index (κ1) is 25.8. The Labute approximate surface area is 208 Å². The number of rotatable bonds is 8. The molecule has 13 nitrogen and oxygen atoms in total. The molecule has 4 heterocycles. The molecule has 4 rings (SSSR count). The summed E-state index contributed by atoms with van der Waals surface area (Å²) in [5, 5.41) is 9.35. The molecule has 2 aliphatic heterocycles. The van der Waals surface area contributed by atoms with E-state index in [1.165, 1.54) is 35.8 Å². The van der Waals surface area contributed by atoms with Crippen LogP contribution >= 0.6 is 0 Å². The highest BCUT2D eigenvalue weighted by Gasteiger charge is 2.55. The molecule has 2 amide bonds. The molecule has 0 saturated carbocycles. The summed E-state index contributed by atoms with van der Waals surface area (Å²) in [7, 11) is -2.76. The Morgan fingerprint density at radius 1 is 1.14 bits per heavy atom. The van der Waals surface area contributed by atoms with Crippen molar-refractivity contribution in [2.45, 2.75) is 42.8 Å². The maximum Gasteiger partial charge on any atom is 0.410 e. The number of aryl methyl sites for hydroxylation is 1. The van der Waals surface area contributed by atoms with E-state index in [4.69, 9.17) is 14.2 Å². The third kappa shape index (κ3) is 5.11. The second-order valence-electron chi connectivity index (χ2n) is 8.38. The summed E-state index contributed by atoms with van der Waals surface area (Å²) >= 11 is 0. The normalized spacial score (nSPS) is 21.8. The number of nitrogens with zero attached hydrogens (tertiary/aromatic N) is 4. The van der Waals surface area contributed by atoms with E-state index in [2.05, 4.69) is 9.97 Å². The van der Waals surface area contributed by atoms with Crippen molar-refractivity contribution in [2.24, 2.45) is 0 Å². The van der Waals surface area contributed by atoms with Crippen LogP contribution < -0.4 is 10.2 Å². The number of hydrogen-bond donors (Lipinski definition) is 2. The minimum absolute atomic E-state index is 0.0168. The fraction of sp³-hybridized carbons (Fsp3) is 0.455. The zero-order valence-corrected chi connectivity index (χ0v) is 20.6. The smallest absolute Gasteiger partial charge is 0.410 e. The maximum absolute atomic E-state index is 13.6. The molecule has 2 saturated heterocycles. The number of carbonyl (C=O) groups excluding carboxylic acids is 2. The van der Waals surface area contributed by atoms with Crippen LogP contribution in [0.2, 0.25) is 0 Å². The minimum Gasteiger partial charge on any atom is -0.447 e. The number of ether oxygens (including phenoxy) is 3. The number of amides is 2. The standard InChI is InChI=1S/C22H27N5O8S/c1-14-3-5-16(11-23-14)35-19-8-6-17(12-24-19)36(31,32)26-13-15-4-7-18(20(26)21(28)25-30)27(15)22(29)34-10-9-33-2/h3,5-6,8,11-12,15,18,20,30H,4,7,9-10,13H2,1-2H3,(H,25,28)/t15-,18+,20-/m1/s1. The maximum atomic E-state index is 13.6. The Hall–Kier alpha value is -3.33. The zero-order valence-electron chi connectivity index (χ0n) is 19.7. The second kappa shape index (κ2) is 10.7. The predicted octanol–water partition coefficient (Wildman–Crippen LogP) is 1.07. The summed E-state index contributed by atoms with van der Waals surface area (Å²) in [5.74, 6) is -0.347. The lowest BCUT2D eigenvalue weighted by atomic mass is 10.1. The number of aromatic nitrogens is 2. The average Bonchev–Trinajstić information content (AvgIpc) is 3.18. The molecule has 0 unspecified atom stereocenters. The molecule has 36 heavy (non-hydrogen) atoms. The van der Waals surface area contributed by atoms with Crippen LogP contribution in [0.25, 0.3) is 0 Å². The lowest BCUT2D eigenvalue weighted by Crippen LogP contribution is -2.66. The van der Waals surface area contributed by atoms with Crippen LogP contribution in [0, 0.1) is 6.92 Å². The van der Waals surface area contributed by atoms with Crippen molar-refractivity contribution in [2.75, 3.05) is 26.9 Å². The molecule has 2 N–H and O–H groups in total. The summed E-state index contributed by atoms with van der Waals surface area (Å²) < 4.78 is 43.8. The van der Waals surface area contributed by atoms with E-state index in [-0.39, 0.29) is 30.5 Å². The van der Waals surface area contributed by atoms with Crippen molar-refractivity contribution in [3.8, 4) is 11.6 Å². The number of nitrogens with one attached hydrogen (secondary N) is 1. The predicted molar refractivity (Wildman–Crippen MR) is 123 cm³/mol. The van der Waals surface area contributed by atoms with Crippen molar-refractivity contribution >= 4 is 22.0 Å². The van der Waals surface area contributed by atoms with Gasteiger partial charge in [0.15, 0.2) is 0 Å². The summed E-state index contributed by atoms with van der Waals surface area (Å²) in [5.41, 5.74) is 2.35. The van der Waals surface area contributed by atoms with E-state index in [1.807, 2.05) is 6.92 Å². The topological polar surface area (TPSA) is 160 Å². The van der Waals surface area contributed by atoms with E-state index in [9.17, 15) is 23.2 Å². The van der Waals surface area contributed by atoms with Gasteiger partial charge in [-0.3, -0.25) is 19.9 Å². The Balaban J connectivity index is 1.56. The van der Waals surface area contributed by atoms with E-state index in [1.54, 1.807) is 12.1 Å². The van der Waals surface area contributed by atoms with Crippen LogP contribution in [0.15, 0.2) is 41.6 Å². The second-order valence-corrected chi connectivity index (χ2v) is 10.3. The molecule has 0 spiro atoms. The van der Waals surface area contributed by atoms with Crippen LogP contribution in [0.4, 0.5) is 4.79 Å². The number of hydroxylamine groups is 1. The Morgan fingerprint density at radius 2 is 1.94 bits per heavy atom. The molecule has 14 heteroatoms. The average molecular weight is 522 g/mol. The first-order valence-corrected chi connectivity index (χ1v) is 12.7. The van der Waals surface area contributed by atoms with Gasteiger partial charge in [0.25, 0.3) is 5.91 Å². The summed E-state index contributed by atoms with van der Waals surface area (Å²) in [6.07, 6.45) is 2.83.